The van der Waals surface area contributed by atoms with Crippen molar-refractivity contribution in [2.45, 2.75) is 39.5 Å². The SMILES string of the molecule is CC(C=O)C(C)c1ccccc1Cl.CC(CNc1cccc2nccnc12)C(C)c1ccccc1Cl.Nc1cccc2[nH]ccc12. The van der Waals surface area contributed by atoms with Crippen LogP contribution in [-0.2, 0) is 4.79 Å². The molecule has 0 radical (unpaired) electrons. The largest absolute Gasteiger partial charge is 0.398 e. The molecule has 2 aromatic heterocycles. The second-order valence-corrected chi connectivity index (χ2v) is 12.3. The number of rotatable bonds is 8. The van der Waals surface area contributed by atoms with Gasteiger partial charge in [-0.2, -0.15) is 0 Å². The lowest BCUT2D eigenvalue weighted by molar-refractivity contribution is -0.111. The Morgan fingerprint density at radius 3 is 2.07 bits per heavy atom. The summed E-state index contributed by atoms with van der Waals surface area (Å²) < 4.78 is 0. The van der Waals surface area contributed by atoms with E-state index in [-0.39, 0.29) is 11.8 Å². The zero-order valence-corrected chi connectivity index (χ0v) is 28.1. The molecular formula is C38H41Cl2N5O. The molecular weight excluding hydrogens is 613 g/mol. The Morgan fingerprint density at radius 2 is 1.41 bits per heavy atom. The second kappa shape index (κ2) is 16.8. The molecule has 4 atom stereocenters. The highest BCUT2D eigenvalue weighted by Crippen LogP contribution is 2.31. The fraction of sp³-hybridized carbons (Fsp3) is 0.237. The molecule has 0 fully saturated rings. The summed E-state index contributed by atoms with van der Waals surface area (Å²) in [5.41, 5.74) is 12.7. The molecule has 0 bridgehead atoms. The molecule has 0 amide bonds. The van der Waals surface area contributed by atoms with Gasteiger partial charge in [0.1, 0.15) is 11.8 Å². The summed E-state index contributed by atoms with van der Waals surface area (Å²) >= 11 is 12.3. The highest BCUT2D eigenvalue weighted by atomic mass is 35.5. The number of aromatic amines is 1. The first kappa shape index (κ1) is 34.5. The van der Waals surface area contributed by atoms with Crippen molar-refractivity contribution < 1.29 is 4.79 Å². The molecule has 0 saturated heterocycles. The number of aromatic nitrogens is 3. The summed E-state index contributed by atoms with van der Waals surface area (Å²) in [7, 11) is 0. The number of hydrogen-bond donors (Lipinski definition) is 3. The van der Waals surface area contributed by atoms with Crippen LogP contribution in [0, 0.1) is 11.8 Å². The number of benzene rings is 4. The van der Waals surface area contributed by atoms with Crippen LogP contribution < -0.4 is 11.1 Å². The predicted molar refractivity (Wildman–Crippen MR) is 195 cm³/mol. The molecule has 6 rings (SSSR count). The standard InChI is InChI=1S/C19H20ClN3.C11H13ClO.C8H8N2/c1-13(14(2)15-6-3-4-7-16(15)20)12-23-18-9-5-8-17-19(18)22-11-10-21-17;1-8(7-13)9(2)10-5-3-4-6-11(10)12;9-7-2-1-3-8-6(7)4-5-10-8/h3-11,13-14,23H,12H2,1-2H3;3-9H,1-2H3;1-5,10H,9H2. The van der Waals surface area contributed by atoms with E-state index < -0.39 is 0 Å². The summed E-state index contributed by atoms with van der Waals surface area (Å²) in [6.07, 6.45) is 6.30. The van der Waals surface area contributed by atoms with Gasteiger partial charge >= 0.3 is 0 Å². The summed E-state index contributed by atoms with van der Waals surface area (Å²) in [6.45, 7) is 9.22. The van der Waals surface area contributed by atoms with Crippen LogP contribution in [0.25, 0.3) is 21.9 Å². The van der Waals surface area contributed by atoms with E-state index in [1.54, 1.807) is 12.4 Å². The molecule has 0 aliphatic carbocycles. The van der Waals surface area contributed by atoms with Crippen molar-refractivity contribution in [3.05, 3.63) is 131 Å². The summed E-state index contributed by atoms with van der Waals surface area (Å²) in [6, 6.07) is 29.6. The van der Waals surface area contributed by atoms with Crippen LogP contribution in [0.2, 0.25) is 10.0 Å². The third kappa shape index (κ3) is 8.87. The van der Waals surface area contributed by atoms with Crippen molar-refractivity contribution >= 4 is 62.8 Å². The molecule has 6 aromatic rings. The number of anilines is 2. The lowest BCUT2D eigenvalue weighted by Crippen LogP contribution is -2.17. The van der Waals surface area contributed by atoms with Gasteiger partial charge in [-0.25, -0.2) is 0 Å². The quantitative estimate of drug-likeness (QED) is 0.112. The molecule has 8 heteroatoms. The van der Waals surface area contributed by atoms with E-state index in [9.17, 15) is 4.79 Å². The number of carbonyl (C=O) groups excluding carboxylic acids is 1. The highest BCUT2D eigenvalue weighted by molar-refractivity contribution is 6.31. The molecule has 46 heavy (non-hydrogen) atoms. The Hall–Kier alpha value is -4.39. The number of nitrogen functional groups attached to an aromatic ring is 1. The number of nitrogens with two attached hydrogens (primary N) is 1. The molecule has 2 heterocycles. The van der Waals surface area contributed by atoms with Crippen molar-refractivity contribution in [3.63, 3.8) is 0 Å². The van der Waals surface area contributed by atoms with Gasteiger partial charge in [0, 0.05) is 57.7 Å². The van der Waals surface area contributed by atoms with Gasteiger partial charge in [-0.15, -0.1) is 0 Å². The number of nitrogens with zero attached hydrogens (tertiary/aromatic N) is 2. The topological polar surface area (TPSA) is 96.7 Å². The van der Waals surface area contributed by atoms with Crippen LogP contribution in [0.1, 0.15) is 50.7 Å². The summed E-state index contributed by atoms with van der Waals surface area (Å²) in [5.74, 6) is 1.00. The van der Waals surface area contributed by atoms with Crippen LogP contribution in [0.3, 0.4) is 0 Å². The number of halogens is 2. The monoisotopic (exact) mass is 653 g/mol. The van der Waals surface area contributed by atoms with E-state index in [1.165, 1.54) is 5.56 Å². The van der Waals surface area contributed by atoms with Crippen molar-refractivity contribution in [3.8, 4) is 0 Å². The molecule has 0 aliphatic rings. The molecule has 4 N–H and O–H groups in total. The fourth-order valence-corrected chi connectivity index (χ4v) is 5.70. The molecule has 4 aromatic carbocycles. The van der Waals surface area contributed by atoms with E-state index in [1.807, 2.05) is 105 Å². The molecule has 0 aliphatic heterocycles. The Bertz CT molecular complexity index is 1850. The van der Waals surface area contributed by atoms with E-state index in [0.717, 1.165) is 61.8 Å². The number of fused-ring (bicyclic) bond motifs is 2. The summed E-state index contributed by atoms with van der Waals surface area (Å²) in [4.78, 5) is 22.4. The van der Waals surface area contributed by atoms with Gasteiger partial charge in [0.15, 0.2) is 0 Å². The van der Waals surface area contributed by atoms with E-state index >= 15 is 0 Å². The zero-order chi connectivity index (χ0) is 33.1. The predicted octanol–water partition coefficient (Wildman–Crippen LogP) is 10.2. The van der Waals surface area contributed by atoms with Gasteiger partial charge in [0.25, 0.3) is 0 Å². The number of carbonyl (C=O) groups is 1. The number of aldehydes is 1. The lowest BCUT2D eigenvalue weighted by Gasteiger charge is -2.22. The minimum atomic E-state index is 0.0138. The third-order valence-electron chi connectivity index (χ3n) is 8.39. The van der Waals surface area contributed by atoms with Gasteiger partial charge in [-0.1, -0.05) is 99.4 Å². The average molecular weight is 655 g/mol. The van der Waals surface area contributed by atoms with Gasteiger partial charge in [-0.05, 0) is 71.3 Å². The maximum atomic E-state index is 10.6. The molecule has 0 saturated carbocycles. The number of hydrogen-bond acceptors (Lipinski definition) is 5. The van der Waals surface area contributed by atoms with Crippen LogP contribution in [0.5, 0.6) is 0 Å². The minimum Gasteiger partial charge on any atom is -0.398 e. The van der Waals surface area contributed by atoms with Crippen LogP contribution in [0.15, 0.2) is 110 Å². The number of nitrogens with one attached hydrogen (secondary N) is 2. The number of H-pyrrole nitrogens is 1. The van der Waals surface area contributed by atoms with Crippen LogP contribution in [0.4, 0.5) is 11.4 Å². The van der Waals surface area contributed by atoms with Gasteiger partial charge in [0.2, 0.25) is 0 Å². The Kier molecular flexibility index (Phi) is 12.6. The van der Waals surface area contributed by atoms with Gasteiger partial charge in [-0.3, -0.25) is 9.97 Å². The van der Waals surface area contributed by atoms with Gasteiger partial charge in [0.05, 0.1) is 11.2 Å². The first-order chi connectivity index (χ1) is 22.2. The maximum Gasteiger partial charge on any atom is 0.123 e. The molecule has 0 spiro atoms. The smallest absolute Gasteiger partial charge is 0.123 e. The Labute approximate surface area is 281 Å². The van der Waals surface area contributed by atoms with Crippen molar-refractivity contribution in [1.82, 2.24) is 15.0 Å². The highest BCUT2D eigenvalue weighted by Gasteiger charge is 2.17. The number of para-hydroxylation sites is 1. The first-order valence-electron chi connectivity index (χ1n) is 15.4. The third-order valence-corrected chi connectivity index (χ3v) is 9.08. The van der Waals surface area contributed by atoms with Crippen molar-refractivity contribution in [1.29, 1.82) is 0 Å². The fourth-order valence-electron chi connectivity index (χ4n) is 5.09. The van der Waals surface area contributed by atoms with E-state index in [2.05, 4.69) is 40.2 Å². The van der Waals surface area contributed by atoms with Crippen LogP contribution >= 0.6 is 23.2 Å². The Morgan fingerprint density at radius 1 is 0.783 bits per heavy atom. The first-order valence-corrected chi connectivity index (χ1v) is 16.2. The minimum absolute atomic E-state index is 0.0138. The normalized spacial score (nSPS) is 13.3. The maximum absolute atomic E-state index is 10.6. The Balaban J connectivity index is 0.000000175. The summed E-state index contributed by atoms with van der Waals surface area (Å²) in [5, 5.41) is 6.19. The van der Waals surface area contributed by atoms with Gasteiger partial charge < -0.3 is 20.8 Å². The van der Waals surface area contributed by atoms with Crippen molar-refractivity contribution in [2.75, 3.05) is 17.6 Å². The zero-order valence-electron chi connectivity index (χ0n) is 26.6. The van der Waals surface area contributed by atoms with Crippen molar-refractivity contribution in [2.24, 2.45) is 11.8 Å². The van der Waals surface area contributed by atoms with E-state index in [4.69, 9.17) is 28.9 Å². The molecule has 238 valence electrons. The molecule has 4 unspecified atom stereocenters. The van der Waals surface area contributed by atoms with E-state index in [0.29, 0.717) is 11.8 Å². The second-order valence-electron chi connectivity index (χ2n) is 11.5. The van der Waals surface area contributed by atoms with Crippen LogP contribution in [-0.4, -0.2) is 27.8 Å². The lowest BCUT2D eigenvalue weighted by atomic mass is 9.89. The molecule has 6 nitrogen and oxygen atoms in total. The average Bonchev–Trinajstić information content (AvgIpc) is 3.58.